The highest BCUT2D eigenvalue weighted by Gasteiger charge is 2.26. The van der Waals surface area contributed by atoms with Crippen LogP contribution in [0.3, 0.4) is 0 Å². The smallest absolute Gasteiger partial charge is 0.315 e. The number of urea groups is 1. The Bertz CT molecular complexity index is 1280. The van der Waals surface area contributed by atoms with Gasteiger partial charge in [0.05, 0.1) is 37.3 Å². The first-order valence-corrected chi connectivity index (χ1v) is 11.9. The van der Waals surface area contributed by atoms with Crippen molar-refractivity contribution < 1.29 is 14.3 Å². The summed E-state index contributed by atoms with van der Waals surface area (Å²) in [5.41, 5.74) is 5.19. The van der Waals surface area contributed by atoms with Gasteiger partial charge < -0.3 is 25.1 Å². The fourth-order valence-electron chi connectivity index (χ4n) is 4.87. The molecule has 0 saturated carbocycles. The van der Waals surface area contributed by atoms with E-state index in [0.29, 0.717) is 6.42 Å². The summed E-state index contributed by atoms with van der Waals surface area (Å²) in [6.07, 6.45) is 3.43. The van der Waals surface area contributed by atoms with Crippen molar-refractivity contribution in [2.24, 2.45) is 0 Å². The number of aromatic amines is 1. The summed E-state index contributed by atoms with van der Waals surface area (Å²) in [4.78, 5) is 21.4. The first kappa shape index (κ1) is 22.8. The number of para-hydroxylation sites is 2. The quantitative estimate of drug-likeness (QED) is 0.345. The van der Waals surface area contributed by atoms with Gasteiger partial charge in [-0.1, -0.05) is 36.4 Å². The van der Waals surface area contributed by atoms with E-state index < -0.39 is 0 Å². The zero-order valence-corrected chi connectivity index (χ0v) is 20.0. The predicted molar refractivity (Wildman–Crippen MR) is 136 cm³/mol. The van der Waals surface area contributed by atoms with Gasteiger partial charge in [0, 0.05) is 0 Å². The maximum Gasteiger partial charge on any atom is 0.315 e. The molecule has 7 nitrogen and oxygen atoms in total. The number of aromatic nitrogens is 2. The molecule has 2 amide bonds. The van der Waals surface area contributed by atoms with E-state index in [9.17, 15) is 4.79 Å². The van der Waals surface area contributed by atoms with Gasteiger partial charge in [-0.15, -0.1) is 0 Å². The van der Waals surface area contributed by atoms with Crippen LogP contribution in [0.5, 0.6) is 11.5 Å². The van der Waals surface area contributed by atoms with Gasteiger partial charge in [-0.3, -0.25) is 0 Å². The van der Waals surface area contributed by atoms with Gasteiger partial charge >= 0.3 is 6.03 Å². The second kappa shape index (κ2) is 10.1. The van der Waals surface area contributed by atoms with E-state index in [1.165, 1.54) is 5.56 Å². The van der Waals surface area contributed by atoms with Gasteiger partial charge in [0.15, 0.2) is 0 Å². The number of nitrogens with one attached hydrogen (secondary N) is 3. The fourth-order valence-corrected chi connectivity index (χ4v) is 4.87. The number of methoxy groups -OCH3 is 2. The normalized spacial score (nSPS) is 15.8. The molecule has 0 fully saturated rings. The van der Waals surface area contributed by atoms with Crippen LogP contribution in [0.2, 0.25) is 0 Å². The maximum absolute atomic E-state index is 13.2. The molecule has 0 bridgehead atoms. The molecule has 0 spiro atoms. The lowest BCUT2D eigenvalue weighted by molar-refractivity contribution is 0.231. The zero-order valence-electron chi connectivity index (χ0n) is 20.0. The molecule has 180 valence electrons. The summed E-state index contributed by atoms with van der Waals surface area (Å²) in [7, 11) is 3.34. The Morgan fingerprint density at radius 1 is 1.06 bits per heavy atom. The summed E-state index contributed by atoms with van der Waals surface area (Å²) >= 11 is 0. The third-order valence-electron chi connectivity index (χ3n) is 6.63. The lowest BCUT2D eigenvalue weighted by atomic mass is 9.87. The van der Waals surface area contributed by atoms with Crippen molar-refractivity contribution in [1.29, 1.82) is 0 Å². The second-order valence-corrected chi connectivity index (χ2v) is 8.83. The van der Waals surface area contributed by atoms with Crippen molar-refractivity contribution in [3.63, 3.8) is 0 Å². The third kappa shape index (κ3) is 4.94. The van der Waals surface area contributed by atoms with Crippen molar-refractivity contribution >= 4 is 17.1 Å². The molecule has 1 aliphatic rings. The maximum atomic E-state index is 13.2. The average molecular weight is 471 g/mol. The van der Waals surface area contributed by atoms with E-state index in [0.717, 1.165) is 58.7 Å². The Morgan fingerprint density at radius 2 is 1.89 bits per heavy atom. The number of ether oxygens (including phenoxy) is 2. The van der Waals surface area contributed by atoms with Crippen LogP contribution in [0.1, 0.15) is 47.4 Å². The van der Waals surface area contributed by atoms with E-state index in [-0.39, 0.29) is 18.1 Å². The molecule has 4 aromatic rings. The topological polar surface area (TPSA) is 88.3 Å². The number of nitrogens with zero attached hydrogens (tertiary/aromatic N) is 1. The SMILES string of the molecule is COc1ccc(C[C@@H](NC(=O)NC2CCCc3c(OC)cccc32)c2nc3ccccc3[nH]2)cc1. The minimum absolute atomic E-state index is 0.0637. The highest BCUT2D eigenvalue weighted by molar-refractivity contribution is 5.77. The van der Waals surface area contributed by atoms with Crippen LogP contribution >= 0.6 is 0 Å². The molecular formula is C28H30N4O3. The molecule has 35 heavy (non-hydrogen) atoms. The predicted octanol–water partition coefficient (Wildman–Crippen LogP) is 5.24. The molecule has 1 aromatic heterocycles. The van der Waals surface area contributed by atoms with E-state index in [1.54, 1.807) is 14.2 Å². The molecule has 3 N–H and O–H groups in total. The minimum atomic E-state index is -0.329. The molecular weight excluding hydrogens is 440 g/mol. The van der Waals surface area contributed by atoms with Crippen LogP contribution in [0.15, 0.2) is 66.7 Å². The fraction of sp³-hybridized carbons (Fsp3) is 0.286. The average Bonchev–Trinajstić information content (AvgIpc) is 3.33. The summed E-state index contributed by atoms with van der Waals surface area (Å²) < 4.78 is 10.8. The number of fused-ring (bicyclic) bond motifs is 2. The van der Waals surface area contributed by atoms with Gasteiger partial charge in [-0.2, -0.15) is 0 Å². The highest BCUT2D eigenvalue weighted by atomic mass is 16.5. The van der Waals surface area contributed by atoms with Crippen LogP contribution < -0.4 is 20.1 Å². The van der Waals surface area contributed by atoms with Crippen LogP contribution in [-0.4, -0.2) is 30.2 Å². The van der Waals surface area contributed by atoms with Gasteiger partial charge in [-0.25, -0.2) is 9.78 Å². The Morgan fingerprint density at radius 3 is 2.66 bits per heavy atom. The number of amides is 2. The largest absolute Gasteiger partial charge is 0.497 e. The molecule has 0 aliphatic heterocycles. The summed E-state index contributed by atoms with van der Waals surface area (Å²) in [5, 5.41) is 6.37. The first-order chi connectivity index (χ1) is 17.1. The Hall–Kier alpha value is -4.00. The number of carbonyl (C=O) groups is 1. The van der Waals surface area contributed by atoms with Gasteiger partial charge in [0.1, 0.15) is 17.3 Å². The second-order valence-electron chi connectivity index (χ2n) is 8.83. The number of benzene rings is 3. The molecule has 0 radical (unpaired) electrons. The number of imidazole rings is 1. The van der Waals surface area contributed by atoms with Crippen molar-refractivity contribution in [3.05, 3.63) is 89.2 Å². The van der Waals surface area contributed by atoms with E-state index in [2.05, 4.69) is 21.7 Å². The molecule has 1 heterocycles. The van der Waals surface area contributed by atoms with E-state index >= 15 is 0 Å². The first-order valence-electron chi connectivity index (χ1n) is 11.9. The molecule has 2 atom stereocenters. The number of rotatable bonds is 7. The van der Waals surface area contributed by atoms with Gasteiger partial charge in [0.2, 0.25) is 0 Å². The van der Waals surface area contributed by atoms with Crippen LogP contribution in [-0.2, 0) is 12.8 Å². The standard InChI is InChI=1S/C28H30N4O3/c1-34-19-15-13-18(14-16-19)17-25(27-29-23-9-3-4-10-24(23)30-27)32-28(33)31-22-11-5-8-21-20(22)7-6-12-26(21)35-2/h3-4,6-7,9-10,12-16,22,25H,5,8,11,17H2,1-2H3,(H,29,30)(H2,31,32,33)/t22?,25-/m1/s1. The van der Waals surface area contributed by atoms with E-state index in [1.807, 2.05) is 60.7 Å². The minimum Gasteiger partial charge on any atom is -0.497 e. The summed E-state index contributed by atoms with van der Waals surface area (Å²) in [6, 6.07) is 21.2. The zero-order chi connectivity index (χ0) is 24.2. The number of hydrogen-bond donors (Lipinski definition) is 3. The van der Waals surface area contributed by atoms with Crippen molar-refractivity contribution in [3.8, 4) is 11.5 Å². The molecule has 3 aromatic carbocycles. The van der Waals surface area contributed by atoms with Crippen molar-refractivity contribution in [1.82, 2.24) is 20.6 Å². The van der Waals surface area contributed by atoms with Gasteiger partial charge in [0.25, 0.3) is 0 Å². The number of carbonyl (C=O) groups excluding carboxylic acids is 1. The molecule has 5 rings (SSSR count). The van der Waals surface area contributed by atoms with Crippen molar-refractivity contribution in [2.75, 3.05) is 14.2 Å². The number of hydrogen-bond acceptors (Lipinski definition) is 4. The number of H-pyrrole nitrogens is 1. The van der Waals surface area contributed by atoms with Crippen LogP contribution in [0, 0.1) is 0 Å². The molecule has 1 unspecified atom stereocenters. The molecule has 1 aliphatic carbocycles. The van der Waals surface area contributed by atoms with Crippen LogP contribution in [0.25, 0.3) is 11.0 Å². The van der Waals surface area contributed by atoms with Crippen LogP contribution in [0.4, 0.5) is 4.79 Å². The molecule has 7 heteroatoms. The summed E-state index contributed by atoms with van der Waals surface area (Å²) in [6.45, 7) is 0. The summed E-state index contributed by atoms with van der Waals surface area (Å²) in [5.74, 6) is 2.41. The molecule has 0 saturated heterocycles. The monoisotopic (exact) mass is 470 g/mol. The Kier molecular flexibility index (Phi) is 6.57. The van der Waals surface area contributed by atoms with Gasteiger partial charge in [-0.05, 0) is 72.7 Å². The third-order valence-corrected chi connectivity index (χ3v) is 6.63. The Balaban J connectivity index is 1.37. The van der Waals surface area contributed by atoms with Crippen molar-refractivity contribution in [2.45, 2.75) is 37.8 Å². The Labute approximate surface area is 204 Å². The lowest BCUT2D eigenvalue weighted by Gasteiger charge is -2.28. The lowest BCUT2D eigenvalue weighted by Crippen LogP contribution is -2.41. The highest BCUT2D eigenvalue weighted by Crippen LogP contribution is 2.35. The van der Waals surface area contributed by atoms with E-state index in [4.69, 9.17) is 14.5 Å².